The maximum Gasteiger partial charge on any atom is 0.0667 e. The minimum absolute atomic E-state index is 0.0888. The molecule has 0 saturated carbocycles. The molecular weight excluding hydrogens is 292 g/mol. The van der Waals surface area contributed by atoms with Crippen LogP contribution >= 0.6 is 11.8 Å². The molecule has 2 heterocycles. The van der Waals surface area contributed by atoms with Gasteiger partial charge in [0.05, 0.1) is 6.10 Å². The molecule has 1 aromatic rings. The van der Waals surface area contributed by atoms with Crippen molar-refractivity contribution in [1.82, 2.24) is 9.80 Å². The fourth-order valence-corrected chi connectivity index (χ4v) is 4.57. The van der Waals surface area contributed by atoms with Crippen molar-refractivity contribution in [3.8, 4) is 0 Å². The molecule has 2 fully saturated rings. The summed E-state index contributed by atoms with van der Waals surface area (Å²) in [5.41, 5.74) is 0. The Morgan fingerprint density at radius 3 is 2.55 bits per heavy atom. The molecular formula is C18H28N2OS. The Morgan fingerprint density at radius 2 is 1.82 bits per heavy atom. The zero-order valence-corrected chi connectivity index (χ0v) is 14.2. The van der Waals surface area contributed by atoms with E-state index in [-0.39, 0.29) is 6.10 Å². The molecule has 0 aliphatic carbocycles. The number of β-amino-alcohol motifs (C(OH)–C–C–N with tert-alkyl or cyclic N) is 1. The summed E-state index contributed by atoms with van der Waals surface area (Å²) in [6, 6.07) is 11.4. The Morgan fingerprint density at radius 1 is 1.05 bits per heavy atom. The number of aliphatic hydroxyl groups is 1. The van der Waals surface area contributed by atoms with Gasteiger partial charge in [0.25, 0.3) is 0 Å². The van der Waals surface area contributed by atoms with E-state index in [9.17, 15) is 5.11 Å². The third-order valence-corrected chi connectivity index (χ3v) is 5.91. The highest BCUT2D eigenvalue weighted by Gasteiger charge is 2.27. The molecule has 2 aliphatic heterocycles. The molecule has 0 aromatic heterocycles. The van der Waals surface area contributed by atoms with Gasteiger partial charge in [-0.2, -0.15) is 0 Å². The van der Waals surface area contributed by atoms with Crippen molar-refractivity contribution in [2.24, 2.45) is 0 Å². The molecule has 3 nitrogen and oxygen atoms in total. The number of hydrogen-bond acceptors (Lipinski definition) is 4. The van der Waals surface area contributed by atoms with Crippen molar-refractivity contribution in [2.75, 3.05) is 38.5 Å². The third kappa shape index (κ3) is 4.72. The minimum atomic E-state index is -0.0888. The van der Waals surface area contributed by atoms with Gasteiger partial charge in [-0.1, -0.05) is 18.2 Å². The van der Waals surface area contributed by atoms with Gasteiger partial charge in [0, 0.05) is 29.8 Å². The van der Waals surface area contributed by atoms with Gasteiger partial charge >= 0.3 is 0 Å². The second-order valence-corrected chi connectivity index (χ2v) is 7.69. The van der Waals surface area contributed by atoms with Crippen LogP contribution in [-0.2, 0) is 0 Å². The van der Waals surface area contributed by atoms with E-state index in [0.29, 0.717) is 6.04 Å². The number of piperidine rings is 2. The van der Waals surface area contributed by atoms with Crippen molar-refractivity contribution < 1.29 is 5.11 Å². The monoisotopic (exact) mass is 320 g/mol. The van der Waals surface area contributed by atoms with Crippen molar-refractivity contribution >= 4 is 11.8 Å². The zero-order chi connectivity index (χ0) is 15.2. The summed E-state index contributed by atoms with van der Waals surface area (Å²) < 4.78 is 0. The molecule has 1 aromatic carbocycles. The first kappa shape index (κ1) is 16.3. The summed E-state index contributed by atoms with van der Waals surface area (Å²) in [5, 5.41) is 9.83. The minimum Gasteiger partial charge on any atom is -0.392 e. The average molecular weight is 321 g/mol. The predicted octanol–water partition coefficient (Wildman–Crippen LogP) is 2.70. The second kappa shape index (κ2) is 8.34. The molecule has 2 aliphatic rings. The van der Waals surface area contributed by atoms with Crippen LogP contribution in [0.25, 0.3) is 0 Å². The molecule has 1 unspecified atom stereocenters. The molecule has 0 amide bonds. The molecule has 1 N–H and O–H groups in total. The molecule has 4 heteroatoms. The highest BCUT2D eigenvalue weighted by Crippen LogP contribution is 2.22. The van der Waals surface area contributed by atoms with Crippen molar-refractivity contribution in [1.29, 1.82) is 0 Å². The van der Waals surface area contributed by atoms with E-state index in [1.54, 1.807) is 0 Å². The maximum atomic E-state index is 9.83. The molecule has 0 radical (unpaired) electrons. The first-order chi connectivity index (χ1) is 10.8. The summed E-state index contributed by atoms with van der Waals surface area (Å²) >= 11 is 1.96. The number of aliphatic hydroxyl groups excluding tert-OH is 1. The number of nitrogens with zero attached hydrogens (tertiary/aromatic N) is 2. The second-order valence-electron chi connectivity index (χ2n) is 6.53. The van der Waals surface area contributed by atoms with Crippen LogP contribution in [0.4, 0.5) is 0 Å². The fraction of sp³-hybridized carbons (Fsp3) is 0.667. The van der Waals surface area contributed by atoms with E-state index in [0.717, 1.165) is 19.4 Å². The normalized spacial score (nSPS) is 25.4. The van der Waals surface area contributed by atoms with E-state index in [2.05, 4.69) is 40.1 Å². The molecule has 122 valence electrons. The topological polar surface area (TPSA) is 26.7 Å². The van der Waals surface area contributed by atoms with Crippen LogP contribution in [0.15, 0.2) is 35.2 Å². The third-order valence-electron chi connectivity index (χ3n) is 4.92. The number of rotatable bonds is 5. The summed E-state index contributed by atoms with van der Waals surface area (Å²) in [5.74, 6) is 1.18. The summed E-state index contributed by atoms with van der Waals surface area (Å²) in [4.78, 5) is 6.51. The first-order valence-corrected chi connectivity index (χ1v) is 9.62. The number of benzene rings is 1. The van der Waals surface area contributed by atoms with Crippen LogP contribution < -0.4 is 0 Å². The Hall–Kier alpha value is -0.550. The van der Waals surface area contributed by atoms with Gasteiger partial charge < -0.3 is 10.0 Å². The van der Waals surface area contributed by atoms with Crippen molar-refractivity contribution in [3.63, 3.8) is 0 Å². The standard InChI is InChI=1S/C18H28N2OS/c21-17-5-4-10-20(15-17)16-8-11-19(12-9-16)13-14-22-18-6-2-1-3-7-18/h1-3,6-7,16-17,21H,4-5,8-15H2. The smallest absolute Gasteiger partial charge is 0.0667 e. The van der Waals surface area contributed by atoms with Gasteiger partial charge in [0.1, 0.15) is 0 Å². The van der Waals surface area contributed by atoms with Crippen LogP contribution in [0, 0.1) is 0 Å². The number of likely N-dealkylation sites (tertiary alicyclic amines) is 2. The van der Waals surface area contributed by atoms with Gasteiger partial charge in [0.15, 0.2) is 0 Å². The molecule has 0 spiro atoms. The van der Waals surface area contributed by atoms with Gasteiger partial charge in [0.2, 0.25) is 0 Å². The quantitative estimate of drug-likeness (QED) is 0.844. The Kier molecular flexibility index (Phi) is 6.19. The highest BCUT2D eigenvalue weighted by atomic mass is 32.2. The van der Waals surface area contributed by atoms with Crippen molar-refractivity contribution in [3.05, 3.63) is 30.3 Å². The number of hydrogen-bond donors (Lipinski definition) is 1. The summed E-state index contributed by atoms with van der Waals surface area (Å²) in [6.45, 7) is 5.70. The van der Waals surface area contributed by atoms with Crippen LogP contribution in [0.5, 0.6) is 0 Å². The van der Waals surface area contributed by atoms with Crippen molar-refractivity contribution in [2.45, 2.75) is 42.7 Å². The molecule has 2 saturated heterocycles. The Balaban J connectivity index is 1.35. The van der Waals surface area contributed by atoms with Gasteiger partial charge in [-0.05, 0) is 57.5 Å². The van der Waals surface area contributed by atoms with Crippen LogP contribution in [0.2, 0.25) is 0 Å². The van der Waals surface area contributed by atoms with Crippen LogP contribution in [-0.4, -0.2) is 65.5 Å². The van der Waals surface area contributed by atoms with E-state index in [4.69, 9.17) is 0 Å². The SMILES string of the molecule is OC1CCCN(C2CCN(CCSc3ccccc3)CC2)C1. The lowest BCUT2D eigenvalue weighted by molar-refractivity contribution is 0.0261. The van der Waals surface area contributed by atoms with Gasteiger partial charge in [-0.15, -0.1) is 11.8 Å². The van der Waals surface area contributed by atoms with E-state index >= 15 is 0 Å². The lowest BCUT2D eigenvalue weighted by Gasteiger charge is -2.41. The van der Waals surface area contributed by atoms with E-state index in [1.807, 2.05) is 11.8 Å². The summed E-state index contributed by atoms with van der Waals surface area (Å²) in [6.07, 6.45) is 4.60. The molecule has 0 bridgehead atoms. The largest absolute Gasteiger partial charge is 0.392 e. The molecule has 22 heavy (non-hydrogen) atoms. The fourth-order valence-electron chi connectivity index (χ4n) is 3.63. The van der Waals surface area contributed by atoms with Gasteiger partial charge in [-0.25, -0.2) is 0 Å². The highest BCUT2D eigenvalue weighted by molar-refractivity contribution is 7.99. The molecule has 3 rings (SSSR count). The lowest BCUT2D eigenvalue weighted by Crippen LogP contribution is -2.49. The zero-order valence-electron chi connectivity index (χ0n) is 13.4. The maximum absolute atomic E-state index is 9.83. The van der Waals surface area contributed by atoms with E-state index < -0.39 is 0 Å². The van der Waals surface area contributed by atoms with Crippen LogP contribution in [0.3, 0.4) is 0 Å². The summed E-state index contributed by atoms with van der Waals surface area (Å²) in [7, 11) is 0. The number of thioether (sulfide) groups is 1. The molecule has 1 atom stereocenters. The van der Waals surface area contributed by atoms with E-state index in [1.165, 1.54) is 49.7 Å². The average Bonchev–Trinajstić information content (AvgIpc) is 2.56. The van der Waals surface area contributed by atoms with Crippen LogP contribution in [0.1, 0.15) is 25.7 Å². The Bertz CT molecular complexity index is 434. The predicted molar refractivity (Wildman–Crippen MR) is 93.4 cm³/mol. The Labute approximate surface area is 138 Å². The first-order valence-electron chi connectivity index (χ1n) is 8.63. The van der Waals surface area contributed by atoms with Gasteiger partial charge in [-0.3, -0.25) is 4.90 Å². The lowest BCUT2D eigenvalue weighted by atomic mass is 9.99.